The van der Waals surface area contributed by atoms with Gasteiger partial charge >= 0.3 is 0 Å². The van der Waals surface area contributed by atoms with Crippen molar-refractivity contribution in [3.05, 3.63) is 0 Å². The first-order chi connectivity index (χ1) is 2.89. The van der Waals surface area contributed by atoms with E-state index in [1.165, 1.54) is 0 Å². The van der Waals surface area contributed by atoms with Crippen LogP contribution in [-0.4, -0.2) is 15.9 Å². The van der Waals surface area contributed by atoms with Crippen LogP contribution >= 0.6 is 23.5 Å². The summed E-state index contributed by atoms with van der Waals surface area (Å²) < 4.78 is 0.787. The van der Waals surface area contributed by atoms with Crippen LogP contribution in [0.15, 0.2) is 0 Å². The van der Waals surface area contributed by atoms with E-state index in [1.807, 2.05) is 0 Å². The minimum atomic E-state index is 0. The molecule has 1 heterocycles. The maximum Gasteiger partial charge on any atom is 0.121 e. The minimum Gasteiger partial charge on any atom is -1.00 e. The predicted octanol–water partition coefficient (Wildman–Crippen LogP) is -1.59. The number of halogens is 1. The monoisotopic (exact) mass is 154 g/mol. The summed E-state index contributed by atoms with van der Waals surface area (Å²) in [5, 5.41) is 6.97. The molecule has 1 aliphatic heterocycles. The van der Waals surface area contributed by atoms with Gasteiger partial charge < -0.3 is 12.4 Å². The van der Waals surface area contributed by atoms with Crippen molar-refractivity contribution in [1.29, 1.82) is 5.41 Å². The third-order valence-corrected chi connectivity index (χ3v) is 2.86. The van der Waals surface area contributed by atoms with E-state index in [0.29, 0.717) is 0 Å². The fraction of sp³-hybridized carbons (Fsp3) is 0.667. The maximum atomic E-state index is 6.97. The van der Waals surface area contributed by atoms with Crippen molar-refractivity contribution in [2.24, 2.45) is 0 Å². The molecule has 0 aromatic heterocycles. The molecule has 1 nitrogen and oxygen atoms in total. The van der Waals surface area contributed by atoms with Crippen molar-refractivity contribution in [3.8, 4) is 0 Å². The normalized spacial score (nSPS) is 19.1. The summed E-state index contributed by atoms with van der Waals surface area (Å²) in [5.74, 6) is 2.28. The van der Waals surface area contributed by atoms with Crippen LogP contribution in [0.2, 0.25) is 0 Å². The van der Waals surface area contributed by atoms with Crippen molar-refractivity contribution < 1.29 is 12.4 Å². The Labute approximate surface area is 57.5 Å². The Bertz CT molecular complexity index is 67.3. The Hall–Kier alpha value is 0.660. The molecule has 0 aromatic carbocycles. The maximum absolute atomic E-state index is 6.97. The quantitative estimate of drug-likeness (QED) is 0.455. The molecule has 42 valence electrons. The van der Waals surface area contributed by atoms with Gasteiger partial charge in [0.25, 0.3) is 0 Å². The second-order valence-electron chi connectivity index (χ2n) is 0.984. The molecule has 0 radical (unpaired) electrons. The summed E-state index contributed by atoms with van der Waals surface area (Å²) >= 11 is 3.29. The molecular weight excluding hydrogens is 150 g/mol. The van der Waals surface area contributed by atoms with Crippen LogP contribution < -0.4 is 12.4 Å². The predicted molar refractivity (Wildman–Crippen MR) is 32.6 cm³/mol. The molecule has 0 saturated carbocycles. The molecule has 0 bridgehead atoms. The molecule has 4 heteroatoms. The third-order valence-electron chi connectivity index (χ3n) is 0.550. The minimum absolute atomic E-state index is 0. The van der Waals surface area contributed by atoms with E-state index in [1.54, 1.807) is 23.5 Å². The summed E-state index contributed by atoms with van der Waals surface area (Å²) in [4.78, 5) is 0. The molecule has 1 N–H and O–H groups in total. The van der Waals surface area contributed by atoms with E-state index in [9.17, 15) is 0 Å². The fourth-order valence-corrected chi connectivity index (χ4v) is 2.18. The molecule has 1 saturated heterocycles. The summed E-state index contributed by atoms with van der Waals surface area (Å²) in [6.07, 6.45) is 0. The van der Waals surface area contributed by atoms with E-state index in [0.717, 1.165) is 15.9 Å². The van der Waals surface area contributed by atoms with E-state index in [-0.39, 0.29) is 12.4 Å². The van der Waals surface area contributed by atoms with Crippen molar-refractivity contribution in [1.82, 2.24) is 0 Å². The Morgan fingerprint density at radius 3 is 1.86 bits per heavy atom. The first-order valence-corrected chi connectivity index (χ1v) is 3.71. The zero-order valence-corrected chi connectivity index (χ0v) is 6.00. The second kappa shape index (κ2) is 3.64. The van der Waals surface area contributed by atoms with Gasteiger partial charge in [-0.3, -0.25) is 5.41 Å². The molecule has 7 heavy (non-hydrogen) atoms. The molecule has 0 aliphatic carbocycles. The number of nitrogens with one attached hydrogen (secondary N) is 1. The molecule has 1 aliphatic rings. The van der Waals surface area contributed by atoms with E-state index >= 15 is 0 Å². The average molecular weight is 155 g/mol. The number of rotatable bonds is 0. The Morgan fingerprint density at radius 2 is 1.71 bits per heavy atom. The van der Waals surface area contributed by atoms with Gasteiger partial charge in [0, 0.05) is 11.5 Å². The number of thioether (sulfide) groups is 2. The lowest BCUT2D eigenvalue weighted by Crippen LogP contribution is -3.00. The van der Waals surface area contributed by atoms with Crippen LogP contribution in [0.4, 0.5) is 0 Å². The van der Waals surface area contributed by atoms with Crippen LogP contribution in [0.3, 0.4) is 0 Å². The lowest BCUT2D eigenvalue weighted by molar-refractivity contribution is -0.00000128. The van der Waals surface area contributed by atoms with E-state index in [4.69, 9.17) is 5.41 Å². The third kappa shape index (κ3) is 2.46. The molecular formula is C3H5ClNS2-. The van der Waals surface area contributed by atoms with Crippen LogP contribution in [0, 0.1) is 5.41 Å². The van der Waals surface area contributed by atoms with Gasteiger partial charge in [-0.1, -0.05) is 23.5 Å². The smallest absolute Gasteiger partial charge is 0.121 e. The molecule has 0 amide bonds. The number of hydrogen-bond acceptors (Lipinski definition) is 3. The van der Waals surface area contributed by atoms with Gasteiger partial charge in [0.15, 0.2) is 0 Å². The second-order valence-corrected chi connectivity index (χ2v) is 3.45. The van der Waals surface area contributed by atoms with Crippen molar-refractivity contribution in [3.63, 3.8) is 0 Å². The molecule has 0 atom stereocenters. The molecule has 0 unspecified atom stereocenters. The average Bonchev–Trinajstić information content (AvgIpc) is 1.86. The standard InChI is InChI=1S/C3H5NS2.ClH/c4-3-5-1-2-6-3;/h4H,1-2H2;1H/p-1. The SMILES string of the molecule is N=C1SCCS1.[Cl-]. The van der Waals surface area contributed by atoms with Gasteiger partial charge in [0.2, 0.25) is 0 Å². The van der Waals surface area contributed by atoms with Crippen molar-refractivity contribution in [2.75, 3.05) is 11.5 Å². The van der Waals surface area contributed by atoms with Crippen LogP contribution in [-0.2, 0) is 0 Å². The first-order valence-electron chi connectivity index (χ1n) is 1.74. The van der Waals surface area contributed by atoms with Crippen molar-refractivity contribution >= 4 is 27.9 Å². The van der Waals surface area contributed by atoms with Gasteiger partial charge in [-0.25, -0.2) is 0 Å². The Balaban J connectivity index is 0.000000360. The Kier molecular flexibility index (Phi) is 3.98. The van der Waals surface area contributed by atoms with Gasteiger partial charge in [-0.05, 0) is 0 Å². The van der Waals surface area contributed by atoms with Gasteiger partial charge in [-0.15, -0.1) is 0 Å². The highest BCUT2D eigenvalue weighted by molar-refractivity contribution is 8.41. The molecule has 1 rings (SSSR count). The van der Waals surface area contributed by atoms with Gasteiger partial charge in [0.05, 0.1) is 0 Å². The molecule has 0 aromatic rings. The highest BCUT2D eigenvalue weighted by Crippen LogP contribution is 2.23. The van der Waals surface area contributed by atoms with Crippen LogP contribution in [0.5, 0.6) is 0 Å². The fourth-order valence-electron chi connectivity index (χ4n) is 0.310. The zero-order chi connectivity index (χ0) is 4.41. The summed E-state index contributed by atoms with van der Waals surface area (Å²) in [7, 11) is 0. The topological polar surface area (TPSA) is 23.9 Å². The van der Waals surface area contributed by atoms with E-state index in [2.05, 4.69) is 0 Å². The van der Waals surface area contributed by atoms with Gasteiger partial charge in [-0.2, -0.15) is 0 Å². The first kappa shape index (κ1) is 7.66. The zero-order valence-electron chi connectivity index (χ0n) is 3.61. The lowest BCUT2D eigenvalue weighted by atomic mass is 11.0. The van der Waals surface area contributed by atoms with Crippen LogP contribution in [0.25, 0.3) is 0 Å². The number of hydrogen-bond donors (Lipinski definition) is 1. The molecule has 1 fully saturated rings. The van der Waals surface area contributed by atoms with Gasteiger partial charge in [0.1, 0.15) is 4.38 Å². The van der Waals surface area contributed by atoms with E-state index < -0.39 is 0 Å². The van der Waals surface area contributed by atoms with Crippen LogP contribution in [0.1, 0.15) is 0 Å². The van der Waals surface area contributed by atoms with Crippen molar-refractivity contribution in [2.45, 2.75) is 0 Å². The lowest BCUT2D eigenvalue weighted by Gasteiger charge is -1.76. The summed E-state index contributed by atoms with van der Waals surface area (Å²) in [6.45, 7) is 0. The largest absolute Gasteiger partial charge is 1.00 e. The Morgan fingerprint density at radius 1 is 1.29 bits per heavy atom. The molecule has 0 spiro atoms. The highest BCUT2D eigenvalue weighted by Gasteiger charge is 2.04. The highest BCUT2D eigenvalue weighted by atomic mass is 35.5. The summed E-state index contributed by atoms with van der Waals surface area (Å²) in [6, 6.07) is 0. The summed E-state index contributed by atoms with van der Waals surface area (Å²) in [5.41, 5.74) is 0.